The Labute approximate surface area is 110 Å². The van der Waals surface area contributed by atoms with Gasteiger partial charge in [-0.1, -0.05) is 36.0 Å². The van der Waals surface area contributed by atoms with Crippen molar-refractivity contribution in [1.29, 1.82) is 0 Å². The van der Waals surface area contributed by atoms with Gasteiger partial charge in [0.1, 0.15) is 0 Å². The summed E-state index contributed by atoms with van der Waals surface area (Å²) in [5.41, 5.74) is 6.57. The summed E-state index contributed by atoms with van der Waals surface area (Å²) in [5, 5.41) is 3.55. The smallest absolute Gasteiger partial charge is 0.227 e. The van der Waals surface area contributed by atoms with E-state index in [-0.39, 0.29) is 11.8 Å². The molecule has 1 amide bonds. The first-order valence-electron chi connectivity index (χ1n) is 5.63. The molecule has 92 valence electrons. The van der Waals surface area contributed by atoms with Crippen LogP contribution in [0.2, 0.25) is 10.0 Å². The van der Waals surface area contributed by atoms with Crippen molar-refractivity contribution in [3.63, 3.8) is 0 Å². The first kappa shape index (κ1) is 12.5. The van der Waals surface area contributed by atoms with E-state index < -0.39 is 0 Å². The number of nitrogen functional groups attached to an aromatic ring is 1. The number of carbonyl (C=O) groups is 1. The molecule has 0 atom stereocenters. The molecule has 3 nitrogen and oxygen atoms in total. The molecule has 1 saturated carbocycles. The highest BCUT2D eigenvalue weighted by atomic mass is 35.5. The Morgan fingerprint density at radius 2 is 1.76 bits per heavy atom. The van der Waals surface area contributed by atoms with Crippen molar-refractivity contribution >= 4 is 40.5 Å². The molecule has 1 aromatic carbocycles. The Kier molecular flexibility index (Phi) is 3.79. The van der Waals surface area contributed by atoms with Gasteiger partial charge in [0.05, 0.1) is 15.7 Å². The van der Waals surface area contributed by atoms with Gasteiger partial charge >= 0.3 is 0 Å². The quantitative estimate of drug-likeness (QED) is 0.807. The number of benzene rings is 1. The zero-order valence-corrected chi connectivity index (χ0v) is 10.8. The molecule has 1 aromatic rings. The van der Waals surface area contributed by atoms with E-state index >= 15 is 0 Å². The zero-order valence-electron chi connectivity index (χ0n) is 9.30. The number of hydrogen-bond acceptors (Lipinski definition) is 2. The summed E-state index contributed by atoms with van der Waals surface area (Å²) in [6.07, 6.45) is 4.17. The SMILES string of the molecule is Nc1c(Cl)cc(NC(=O)C2CCCC2)cc1Cl. The van der Waals surface area contributed by atoms with Gasteiger partial charge in [0.15, 0.2) is 0 Å². The summed E-state index contributed by atoms with van der Waals surface area (Å²) in [6.45, 7) is 0. The molecule has 0 aromatic heterocycles. The highest BCUT2D eigenvalue weighted by Crippen LogP contribution is 2.32. The first-order chi connectivity index (χ1) is 8.08. The van der Waals surface area contributed by atoms with Gasteiger partial charge in [-0.25, -0.2) is 0 Å². The number of carbonyl (C=O) groups excluding carboxylic acids is 1. The van der Waals surface area contributed by atoms with E-state index in [1.165, 1.54) is 0 Å². The molecule has 0 aliphatic heterocycles. The number of nitrogens with two attached hydrogens (primary N) is 1. The molecule has 1 aliphatic carbocycles. The second-order valence-electron chi connectivity index (χ2n) is 4.32. The third kappa shape index (κ3) is 2.85. The van der Waals surface area contributed by atoms with Crippen LogP contribution in [0.5, 0.6) is 0 Å². The van der Waals surface area contributed by atoms with Crippen LogP contribution in [-0.4, -0.2) is 5.91 Å². The highest BCUT2D eigenvalue weighted by Gasteiger charge is 2.22. The molecule has 2 rings (SSSR count). The lowest BCUT2D eigenvalue weighted by Crippen LogP contribution is -2.20. The van der Waals surface area contributed by atoms with E-state index in [0.29, 0.717) is 21.4 Å². The zero-order chi connectivity index (χ0) is 12.4. The minimum absolute atomic E-state index is 0.0411. The van der Waals surface area contributed by atoms with E-state index in [0.717, 1.165) is 25.7 Å². The molecule has 0 saturated heterocycles. The molecule has 1 aliphatic rings. The van der Waals surface area contributed by atoms with E-state index in [9.17, 15) is 4.79 Å². The normalized spacial score (nSPS) is 16.1. The van der Waals surface area contributed by atoms with E-state index in [4.69, 9.17) is 28.9 Å². The molecule has 0 radical (unpaired) electrons. The van der Waals surface area contributed by atoms with Crippen molar-refractivity contribution in [2.45, 2.75) is 25.7 Å². The molecular formula is C12H14Cl2N2O. The summed E-state index contributed by atoms with van der Waals surface area (Å²) in [6, 6.07) is 3.24. The van der Waals surface area contributed by atoms with Gasteiger partial charge in [0.2, 0.25) is 5.91 Å². The largest absolute Gasteiger partial charge is 0.396 e. The number of amides is 1. The van der Waals surface area contributed by atoms with Gasteiger partial charge in [0.25, 0.3) is 0 Å². The fourth-order valence-electron chi connectivity index (χ4n) is 2.09. The molecule has 0 bridgehead atoms. The van der Waals surface area contributed by atoms with Crippen molar-refractivity contribution in [1.82, 2.24) is 0 Å². The van der Waals surface area contributed by atoms with Crippen LogP contribution in [0.4, 0.5) is 11.4 Å². The summed E-state index contributed by atoms with van der Waals surface area (Å²) in [7, 11) is 0. The number of nitrogens with one attached hydrogen (secondary N) is 1. The fourth-order valence-corrected chi connectivity index (χ4v) is 2.58. The van der Waals surface area contributed by atoms with Crippen LogP contribution in [0.3, 0.4) is 0 Å². The fraction of sp³-hybridized carbons (Fsp3) is 0.417. The van der Waals surface area contributed by atoms with Crippen molar-refractivity contribution in [2.24, 2.45) is 5.92 Å². The predicted molar refractivity (Wildman–Crippen MR) is 71.5 cm³/mol. The molecular weight excluding hydrogens is 259 g/mol. The van der Waals surface area contributed by atoms with E-state index in [1.807, 2.05) is 0 Å². The second kappa shape index (κ2) is 5.15. The Bertz CT molecular complexity index is 419. The topological polar surface area (TPSA) is 55.1 Å². The molecule has 5 heteroatoms. The van der Waals surface area contributed by atoms with Gasteiger partial charge in [-0.2, -0.15) is 0 Å². The maximum atomic E-state index is 11.9. The van der Waals surface area contributed by atoms with Gasteiger partial charge < -0.3 is 11.1 Å². The predicted octanol–water partition coefficient (Wildman–Crippen LogP) is 3.70. The van der Waals surface area contributed by atoms with Crippen LogP contribution in [0.25, 0.3) is 0 Å². The van der Waals surface area contributed by atoms with Crippen LogP contribution in [0, 0.1) is 5.92 Å². The Morgan fingerprint density at radius 3 is 2.29 bits per heavy atom. The van der Waals surface area contributed by atoms with Crippen LogP contribution in [0.15, 0.2) is 12.1 Å². The molecule has 0 spiro atoms. The molecule has 17 heavy (non-hydrogen) atoms. The van der Waals surface area contributed by atoms with Crippen LogP contribution in [-0.2, 0) is 4.79 Å². The number of anilines is 2. The van der Waals surface area contributed by atoms with Gasteiger partial charge in [-0.15, -0.1) is 0 Å². The van der Waals surface area contributed by atoms with Crippen molar-refractivity contribution in [2.75, 3.05) is 11.1 Å². The summed E-state index contributed by atoms with van der Waals surface area (Å²) < 4.78 is 0. The lowest BCUT2D eigenvalue weighted by atomic mass is 10.1. The van der Waals surface area contributed by atoms with Crippen LogP contribution >= 0.6 is 23.2 Å². The van der Waals surface area contributed by atoms with E-state index in [1.54, 1.807) is 12.1 Å². The standard InChI is InChI=1S/C12H14Cl2N2O/c13-9-5-8(6-10(14)11(9)15)16-12(17)7-3-1-2-4-7/h5-7H,1-4,15H2,(H,16,17). The summed E-state index contributed by atoms with van der Waals surface area (Å²) in [5.74, 6) is 0.157. The third-order valence-electron chi connectivity index (χ3n) is 3.07. The Balaban J connectivity index is 2.10. The number of hydrogen-bond donors (Lipinski definition) is 2. The average molecular weight is 273 g/mol. The minimum Gasteiger partial charge on any atom is -0.396 e. The van der Waals surface area contributed by atoms with Gasteiger partial charge in [-0.05, 0) is 25.0 Å². The molecule has 1 fully saturated rings. The first-order valence-corrected chi connectivity index (χ1v) is 6.39. The lowest BCUT2D eigenvalue weighted by molar-refractivity contribution is -0.119. The van der Waals surface area contributed by atoms with Crippen LogP contribution < -0.4 is 11.1 Å². The van der Waals surface area contributed by atoms with Crippen molar-refractivity contribution in [3.05, 3.63) is 22.2 Å². The number of rotatable bonds is 2. The maximum absolute atomic E-state index is 11.9. The van der Waals surface area contributed by atoms with Crippen molar-refractivity contribution < 1.29 is 4.79 Å². The van der Waals surface area contributed by atoms with Crippen molar-refractivity contribution in [3.8, 4) is 0 Å². The number of halogens is 2. The monoisotopic (exact) mass is 272 g/mol. The van der Waals surface area contributed by atoms with Gasteiger partial charge in [0, 0.05) is 11.6 Å². The minimum atomic E-state index is 0.0411. The Hall–Kier alpha value is -0.930. The molecule has 0 unspecified atom stereocenters. The second-order valence-corrected chi connectivity index (χ2v) is 5.14. The molecule has 0 heterocycles. The van der Waals surface area contributed by atoms with Crippen LogP contribution in [0.1, 0.15) is 25.7 Å². The average Bonchev–Trinajstić information content (AvgIpc) is 2.79. The summed E-state index contributed by atoms with van der Waals surface area (Å²) >= 11 is 11.8. The Morgan fingerprint density at radius 1 is 1.24 bits per heavy atom. The molecule has 3 N–H and O–H groups in total. The summed E-state index contributed by atoms with van der Waals surface area (Å²) in [4.78, 5) is 11.9. The lowest BCUT2D eigenvalue weighted by Gasteiger charge is -2.12. The van der Waals surface area contributed by atoms with E-state index in [2.05, 4.69) is 5.32 Å². The highest BCUT2D eigenvalue weighted by molar-refractivity contribution is 6.39. The maximum Gasteiger partial charge on any atom is 0.227 e. The van der Waals surface area contributed by atoms with Gasteiger partial charge in [-0.3, -0.25) is 4.79 Å². The third-order valence-corrected chi connectivity index (χ3v) is 3.70.